The molecule has 134 valence electrons. The molecule has 2 aliphatic rings. The SMILES string of the molecule is CCOC(=O)[C@@H]1[C@@H]2O[C@@](OC)(c3ccccc3C2=O)[C@H]1C(=O)OCC. The van der Waals surface area contributed by atoms with Crippen LogP contribution in [-0.4, -0.2) is 44.1 Å². The number of carbonyl (C=O) groups excluding carboxylic acids is 3. The topological polar surface area (TPSA) is 88.1 Å². The minimum atomic E-state index is -1.56. The van der Waals surface area contributed by atoms with E-state index in [1.165, 1.54) is 7.11 Å². The highest BCUT2D eigenvalue weighted by atomic mass is 16.7. The molecule has 1 aromatic carbocycles. The first-order chi connectivity index (χ1) is 12.0. The Kier molecular flexibility index (Phi) is 4.62. The van der Waals surface area contributed by atoms with Crippen molar-refractivity contribution in [2.45, 2.75) is 25.7 Å². The van der Waals surface area contributed by atoms with Crippen LogP contribution in [0.1, 0.15) is 29.8 Å². The highest BCUT2D eigenvalue weighted by Crippen LogP contribution is 2.54. The average molecular weight is 348 g/mol. The molecule has 4 atom stereocenters. The lowest BCUT2D eigenvalue weighted by atomic mass is 9.84. The second-order valence-electron chi connectivity index (χ2n) is 5.83. The van der Waals surface area contributed by atoms with Gasteiger partial charge >= 0.3 is 11.9 Å². The number of hydrogen-bond acceptors (Lipinski definition) is 7. The van der Waals surface area contributed by atoms with E-state index in [-0.39, 0.29) is 19.0 Å². The van der Waals surface area contributed by atoms with Gasteiger partial charge in [0.1, 0.15) is 17.9 Å². The minimum absolute atomic E-state index is 0.124. The monoisotopic (exact) mass is 348 g/mol. The molecule has 2 heterocycles. The predicted molar refractivity (Wildman–Crippen MR) is 84.6 cm³/mol. The van der Waals surface area contributed by atoms with Crippen molar-refractivity contribution in [1.82, 2.24) is 0 Å². The van der Waals surface area contributed by atoms with Crippen LogP contribution < -0.4 is 0 Å². The van der Waals surface area contributed by atoms with E-state index in [1.807, 2.05) is 0 Å². The summed E-state index contributed by atoms with van der Waals surface area (Å²) in [5.74, 6) is -5.51. The van der Waals surface area contributed by atoms with Crippen molar-refractivity contribution in [3.05, 3.63) is 35.4 Å². The molecule has 0 amide bonds. The molecule has 0 aliphatic carbocycles. The van der Waals surface area contributed by atoms with Gasteiger partial charge in [-0.25, -0.2) is 0 Å². The summed E-state index contributed by atoms with van der Waals surface area (Å²) in [6.07, 6.45) is -1.15. The average Bonchev–Trinajstić information content (AvgIpc) is 2.94. The second kappa shape index (κ2) is 6.57. The zero-order valence-corrected chi connectivity index (χ0v) is 14.3. The Morgan fingerprint density at radius 2 is 1.76 bits per heavy atom. The van der Waals surface area contributed by atoms with E-state index in [2.05, 4.69) is 0 Å². The number of esters is 2. The zero-order valence-electron chi connectivity index (χ0n) is 14.3. The largest absolute Gasteiger partial charge is 0.466 e. The zero-order chi connectivity index (χ0) is 18.2. The summed E-state index contributed by atoms with van der Waals surface area (Å²) in [5.41, 5.74) is 0.797. The number of fused-ring (bicyclic) bond motifs is 4. The predicted octanol–water partition coefficient (Wildman–Crippen LogP) is 1.44. The molecular formula is C18H20O7. The van der Waals surface area contributed by atoms with E-state index in [4.69, 9.17) is 18.9 Å². The molecule has 7 nitrogen and oxygen atoms in total. The quantitative estimate of drug-likeness (QED) is 0.744. The van der Waals surface area contributed by atoms with Gasteiger partial charge in [-0.15, -0.1) is 0 Å². The van der Waals surface area contributed by atoms with Crippen LogP contribution in [0.3, 0.4) is 0 Å². The van der Waals surface area contributed by atoms with E-state index in [9.17, 15) is 14.4 Å². The van der Waals surface area contributed by atoms with Crippen LogP contribution >= 0.6 is 0 Å². The number of benzene rings is 1. The smallest absolute Gasteiger partial charge is 0.315 e. The van der Waals surface area contributed by atoms with Crippen molar-refractivity contribution < 1.29 is 33.3 Å². The van der Waals surface area contributed by atoms with Crippen LogP contribution in [0.2, 0.25) is 0 Å². The van der Waals surface area contributed by atoms with Gasteiger partial charge in [-0.05, 0) is 13.8 Å². The molecular weight excluding hydrogens is 328 g/mol. The second-order valence-corrected chi connectivity index (χ2v) is 5.83. The Hall–Kier alpha value is -2.25. The molecule has 25 heavy (non-hydrogen) atoms. The molecule has 0 N–H and O–H groups in total. The van der Waals surface area contributed by atoms with Crippen molar-refractivity contribution in [3.63, 3.8) is 0 Å². The highest BCUT2D eigenvalue weighted by molar-refractivity contribution is 6.06. The molecule has 2 bridgehead atoms. The minimum Gasteiger partial charge on any atom is -0.466 e. The molecule has 7 heteroatoms. The first kappa shape index (κ1) is 17.6. The number of carbonyl (C=O) groups is 3. The maximum atomic E-state index is 12.8. The van der Waals surface area contributed by atoms with E-state index in [1.54, 1.807) is 38.1 Å². The van der Waals surface area contributed by atoms with Gasteiger partial charge in [-0.2, -0.15) is 0 Å². The summed E-state index contributed by atoms with van der Waals surface area (Å²) < 4.78 is 21.7. The van der Waals surface area contributed by atoms with Crippen molar-refractivity contribution in [2.75, 3.05) is 20.3 Å². The van der Waals surface area contributed by atoms with Crippen LogP contribution in [0.5, 0.6) is 0 Å². The molecule has 2 aliphatic heterocycles. The molecule has 1 saturated heterocycles. The lowest BCUT2D eigenvalue weighted by Gasteiger charge is -2.35. The third-order valence-corrected chi connectivity index (χ3v) is 4.63. The third-order valence-electron chi connectivity index (χ3n) is 4.63. The molecule has 0 aromatic heterocycles. The van der Waals surface area contributed by atoms with Crippen molar-refractivity contribution in [2.24, 2.45) is 11.8 Å². The standard InChI is InChI=1S/C18H20O7/c1-4-23-16(20)12-13(17(21)24-5-2)18(22-3)11-9-7-6-8-10(11)14(19)15(12)25-18/h6-9,12-13,15H,4-5H2,1-3H3/t12-,13+,15-,18-/m0/s1. The molecule has 0 radical (unpaired) electrons. The van der Waals surface area contributed by atoms with Crippen LogP contribution in [-0.2, 0) is 34.3 Å². The van der Waals surface area contributed by atoms with Crippen molar-refractivity contribution >= 4 is 17.7 Å². The van der Waals surface area contributed by atoms with Gasteiger partial charge in [-0.1, -0.05) is 24.3 Å². The number of methoxy groups -OCH3 is 1. The van der Waals surface area contributed by atoms with E-state index in [0.717, 1.165) is 0 Å². The van der Waals surface area contributed by atoms with E-state index < -0.39 is 35.7 Å². The lowest BCUT2D eigenvalue weighted by Crippen LogP contribution is -2.44. The van der Waals surface area contributed by atoms with Crippen LogP contribution in [0, 0.1) is 11.8 Å². The maximum Gasteiger partial charge on any atom is 0.315 e. The van der Waals surface area contributed by atoms with Gasteiger partial charge in [-0.3, -0.25) is 14.4 Å². The molecule has 0 unspecified atom stereocenters. The molecule has 0 saturated carbocycles. The Morgan fingerprint density at radius 3 is 2.40 bits per heavy atom. The molecule has 3 rings (SSSR count). The molecule has 1 aromatic rings. The van der Waals surface area contributed by atoms with Gasteiger partial charge in [0.2, 0.25) is 5.79 Å². The summed E-state index contributed by atoms with van der Waals surface area (Å²) in [7, 11) is 1.38. The summed E-state index contributed by atoms with van der Waals surface area (Å²) in [6, 6.07) is 6.73. The number of ketones is 1. The molecule has 1 fully saturated rings. The van der Waals surface area contributed by atoms with Gasteiger partial charge in [0.25, 0.3) is 0 Å². The Morgan fingerprint density at radius 1 is 1.12 bits per heavy atom. The summed E-state index contributed by atoms with van der Waals surface area (Å²) in [4.78, 5) is 38.1. The highest BCUT2D eigenvalue weighted by Gasteiger charge is 2.68. The lowest BCUT2D eigenvalue weighted by molar-refractivity contribution is -0.241. The van der Waals surface area contributed by atoms with Crippen LogP contribution in [0.25, 0.3) is 0 Å². The fourth-order valence-electron chi connectivity index (χ4n) is 3.67. The van der Waals surface area contributed by atoms with E-state index >= 15 is 0 Å². The van der Waals surface area contributed by atoms with E-state index in [0.29, 0.717) is 11.1 Å². The van der Waals surface area contributed by atoms with Gasteiger partial charge < -0.3 is 18.9 Å². The van der Waals surface area contributed by atoms with Gasteiger partial charge in [0, 0.05) is 18.2 Å². The van der Waals surface area contributed by atoms with Gasteiger partial charge in [0.05, 0.1) is 13.2 Å². The normalized spacial score (nSPS) is 29.9. The number of Topliss-reactive ketones (excluding diaryl/α,β-unsaturated/α-hetero) is 1. The van der Waals surface area contributed by atoms with Crippen molar-refractivity contribution in [1.29, 1.82) is 0 Å². The summed E-state index contributed by atoms with van der Waals surface area (Å²) in [6.45, 7) is 3.57. The molecule has 0 spiro atoms. The first-order valence-corrected chi connectivity index (χ1v) is 8.21. The maximum absolute atomic E-state index is 12.8. The number of rotatable bonds is 5. The summed E-state index contributed by atoms with van der Waals surface area (Å²) >= 11 is 0. The van der Waals surface area contributed by atoms with Crippen LogP contribution in [0.4, 0.5) is 0 Å². The Labute approximate surface area is 145 Å². The Balaban J connectivity index is 2.19. The fourth-order valence-corrected chi connectivity index (χ4v) is 3.67. The van der Waals surface area contributed by atoms with Crippen molar-refractivity contribution in [3.8, 4) is 0 Å². The van der Waals surface area contributed by atoms with Gasteiger partial charge in [0.15, 0.2) is 5.78 Å². The van der Waals surface area contributed by atoms with Crippen LogP contribution in [0.15, 0.2) is 24.3 Å². The fraction of sp³-hybridized carbons (Fsp3) is 0.500. The Bertz CT molecular complexity index is 713. The first-order valence-electron chi connectivity index (χ1n) is 8.21. The summed E-state index contributed by atoms with van der Waals surface area (Å²) in [5, 5.41) is 0. The third kappa shape index (κ3) is 2.46. The number of ether oxygens (including phenoxy) is 4. The number of hydrogen-bond donors (Lipinski definition) is 0.